The van der Waals surface area contributed by atoms with Gasteiger partial charge in [-0.2, -0.15) is 5.10 Å². The number of aromatic nitrogens is 3. The number of aromatic amines is 2. The summed E-state index contributed by atoms with van der Waals surface area (Å²) in [4.78, 5) is 13.2. The number of nitrogens with one attached hydrogen (secondary N) is 3. The lowest BCUT2D eigenvalue weighted by Crippen LogP contribution is -2.16. The Hall–Kier alpha value is -1.14. The van der Waals surface area contributed by atoms with Crippen molar-refractivity contribution < 1.29 is 5.11 Å². The van der Waals surface area contributed by atoms with Crippen LogP contribution in [0.3, 0.4) is 0 Å². The third kappa shape index (κ3) is 1.26. The lowest BCUT2D eigenvalue weighted by molar-refractivity contribution is 0.193. The second-order valence-corrected chi connectivity index (χ2v) is 2.91. The molecule has 0 aromatic carbocycles. The first kappa shape index (κ1) is 7.51. The number of hydrogen-bond acceptors (Lipinski definition) is 4. The zero-order chi connectivity index (χ0) is 8.55. The molecular weight excluding hydrogens is 160 g/mol. The fraction of sp³-hybridized carbons (Fsp3) is 0.667. The predicted octanol–water partition coefficient (Wildman–Crippen LogP) is -1.51. The van der Waals surface area contributed by atoms with E-state index in [4.69, 9.17) is 0 Å². The number of aliphatic hydroxyl groups excluding tert-OH is 1. The minimum Gasteiger partial charge on any atom is -0.392 e. The van der Waals surface area contributed by atoms with Gasteiger partial charge in [0.15, 0.2) is 0 Å². The van der Waals surface area contributed by atoms with E-state index in [0.717, 1.165) is 0 Å². The Morgan fingerprint density at radius 2 is 2.42 bits per heavy atom. The molecule has 66 valence electrons. The Morgan fingerprint density at radius 3 is 2.92 bits per heavy atom. The van der Waals surface area contributed by atoms with Crippen LogP contribution in [-0.2, 0) is 0 Å². The van der Waals surface area contributed by atoms with Crippen molar-refractivity contribution in [3.8, 4) is 0 Å². The molecule has 1 aliphatic heterocycles. The van der Waals surface area contributed by atoms with E-state index in [2.05, 4.69) is 20.5 Å². The van der Waals surface area contributed by atoms with Gasteiger partial charge in [-0.1, -0.05) is 0 Å². The van der Waals surface area contributed by atoms with E-state index in [0.29, 0.717) is 18.8 Å². The van der Waals surface area contributed by atoms with Crippen molar-refractivity contribution >= 4 is 0 Å². The molecule has 1 saturated heterocycles. The standard InChI is InChI=1S/C6H10N4O2/c11-3-1-4(7-2-3)5-8-6(12)10-9-5/h3-4,7,11H,1-2H2,(H2,8,9,10,12). The highest BCUT2D eigenvalue weighted by atomic mass is 16.3. The number of rotatable bonds is 1. The molecule has 6 heteroatoms. The van der Waals surface area contributed by atoms with Crippen LogP contribution in [0.25, 0.3) is 0 Å². The van der Waals surface area contributed by atoms with Crippen molar-refractivity contribution in [2.75, 3.05) is 6.54 Å². The van der Waals surface area contributed by atoms with Gasteiger partial charge in [0, 0.05) is 6.54 Å². The van der Waals surface area contributed by atoms with E-state index in [-0.39, 0.29) is 17.8 Å². The van der Waals surface area contributed by atoms with E-state index >= 15 is 0 Å². The molecular formula is C6H10N4O2. The van der Waals surface area contributed by atoms with Gasteiger partial charge in [-0.25, -0.2) is 9.89 Å². The monoisotopic (exact) mass is 170 g/mol. The lowest BCUT2D eigenvalue weighted by Gasteiger charge is -2.02. The van der Waals surface area contributed by atoms with Crippen LogP contribution in [0.5, 0.6) is 0 Å². The summed E-state index contributed by atoms with van der Waals surface area (Å²) in [5, 5.41) is 18.3. The van der Waals surface area contributed by atoms with Crippen molar-refractivity contribution in [3.05, 3.63) is 16.3 Å². The molecule has 1 aromatic rings. The van der Waals surface area contributed by atoms with Gasteiger partial charge in [0.2, 0.25) is 0 Å². The Bertz CT molecular complexity index is 317. The van der Waals surface area contributed by atoms with Gasteiger partial charge in [0.1, 0.15) is 5.82 Å². The molecule has 2 unspecified atom stereocenters. The number of H-pyrrole nitrogens is 2. The molecule has 2 atom stereocenters. The zero-order valence-corrected chi connectivity index (χ0v) is 6.37. The van der Waals surface area contributed by atoms with Crippen molar-refractivity contribution in [2.45, 2.75) is 18.6 Å². The highest BCUT2D eigenvalue weighted by molar-refractivity contribution is 4.96. The van der Waals surface area contributed by atoms with Gasteiger partial charge in [0.05, 0.1) is 12.1 Å². The molecule has 0 bridgehead atoms. The molecule has 0 radical (unpaired) electrons. The molecule has 12 heavy (non-hydrogen) atoms. The molecule has 2 rings (SSSR count). The molecule has 6 nitrogen and oxygen atoms in total. The Balaban J connectivity index is 2.16. The van der Waals surface area contributed by atoms with Crippen LogP contribution in [0.2, 0.25) is 0 Å². The molecule has 4 N–H and O–H groups in total. The smallest absolute Gasteiger partial charge is 0.340 e. The maximum atomic E-state index is 10.7. The fourth-order valence-electron chi connectivity index (χ4n) is 1.37. The molecule has 2 heterocycles. The SMILES string of the molecule is O=c1[nH]nc(C2CC(O)CN2)[nH]1. The van der Waals surface area contributed by atoms with Gasteiger partial charge >= 0.3 is 5.69 Å². The van der Waals surface area contributed by atoms with Crippen molar-refractivity contribution in [3.63, 3.8) is 0 Å². The van der Waals surface area contributed by atoms with Crippen LogP contribution in [0.4, 0.5) is 0 Å². The predicted molar refractivity (Wildman–Crippen MR) is 40.6 cm³/mol. The molecule has 1 fully saturated rings. The Morgan fingerprint density at radius 1 is 1.58 bits per heavy atom. The molecule has 0 aliphatic carbocycles. The van der Waals surface area contributed by atoms with Crippen molar-refractivity contribution in [1.29, 1.82) is 0 Å². The van der Waals surface area contributed by atoms with Crippen LogP contribution in [0.15, 0.2) is 4.79 Å². The highest BCUT2D eigenvalue weighted by Gasteiger charge is 2.25. The van der Waals surface area contributed by atoms with E-state index < -0.39 is 0 Å². The molecule has 0 amide bonds. The van der Waals surface area contributed by atoms with Crippen LogP contribution >= 0.6 is 0 Å². The summed E-state index contributed by atoms with van der Waals surface area (Å²) in [7, 11) is 0. The Labute approximate surface area is 68.0 Å². The third-order valence-corrected chi connectivity index (χ3v) is 1.96. The average molecular weight is 170 g/mol. The van der Waals surface area contributed by atoms with Gasteiger partial charge in [-0.05, 0) is 6.42 Å². The van der Waals surface area contributed by atoms with Gasteiger partial charge in [-0.3, -0.25) is 4.98 Å². The Kier molecular flexibility index (Phi) is 1.70. The van der Waals surface area contributed by atoms with E-state index in [1.54, 1.807) is 0 Å². The quantitative estimate of drug-likeness (QED) is 0.412. The molecule has 1 aliphatic rings. The average Bonchev–Trinajstić information content (AvgIpc) is 2.58. The first-order valence-corrected chi connectivity index (χ1v) is 3.82. The van der Waals surface area contributed by atoms with Gasteiger partial charge in [0.25, 0.3) is 0 Å². The normalized spacial score (nSPS) is 29.4. The third-order valence-electron chi connectivity index (χ3n) is 1.96. The zero-order valence-electron chi connectivity index (χ0n) is 6.37. The summed E-state index contributed by atoms with van der Waals surface area (Å²) in [6.45, 7) is 0.555. The van der Waals surface area contributed by atoms with Crippen LogP contribution in [0, 0.1) is 0 Å². The maximum Gasteiger partial charge on any atom is 0.340 e. The summed E-state index contributed by atoms with van der Waals surface area (Å²) in [5.41, 5.74) is -0.312. The maximum absolute atomic E-state index is 10.7. The minimum atomic E-state index is -0.338. The summed E-state index contributed by atoms with van der Waals surface area (Å²) in [6, 6.07) is -0.0288. The minimum absolute atomic E-state index is 0.0288. The van der Waals surface area contributed by atoms with Crippen LogP contribution in [0.1, 0.15) is 18.3 Å². The van der Waals surface area contributed by atoms with E-state index in [1.165, 1.54) is 0 Å². The summed E-state index contributed by atoms with van der Waals surface area (Å²) in [6.07, 6.45) is 0.260. The van der Waals surface area contributed by atoms with Crippen LogP contribution in [-0.4, -0.2) is 32.9 Å². The summed E-state index contributed by atoms with van der Waals surface area (Å²) < 4.78 is 0. The van der Waals surface area contributed by atoms with E-state index in [1.807, 2.05) is 0 Å². The summed E-state index contributed by atoms with van der Waals surface area (Å²) >= 11 is 0. The topological polar surface area (TPSA) is 93.8 Å². The number of β-amino-alcohol motifs (C(OH)–C–C–N with tert-alkyl or cyclic N) is 1. The lowest BCUT2D eigenvalue weighted by atomic mass is 10.2. The van der Waals surface area contributed by atoms with Crippen LogP contribution < -0.4 is 11.0 Å². The molecule has 1 aromatic heterocycles. The first-order chi connectivity index (χ1) is 5.75. The number of hydrogen-bond donors (Lipinski definition) is 4. The molecule has 0 spiro atoms. The van der Waals surface area contributed by atoms with Gasteiger partial charge in [-0.15, -0.1) is 0 Å². The first-order valence-electron chi connectivity index (χ1n) is 3.82. The second kappa shape index (κ2) is 2.72. The van der Waals surface area contributed by atoms with Gasteiger partial charge < -0.3 is 10.4 Å². The largest absolute Gasteiger partial charge is 0.392 e. The molecule has 0 saturated carbocycles. The van der Waals surface area contributed by atoms with Crippen molar-refractivity contribution in [1.82, 2.24) is 20.5 Å². The fourth-order valence-corrected chi connectivity index (χ4v) is 1.37. The second-order valence-electron chi connectivity index (χ2n) is 2.91. The summed E-state index contributed by atoms with van der Waals surface area (Å²) in [5.74, 6) is 0.566. The van der Waals surface area contributed by atoms with E-state index in [9.17, 15) is 9.90 Å². The highest BCUT2D eigenvalue weighted by Crippen LogP contribution is 2.18. The number of nitrogens with zero attached hydrogens (tertiary/aromatic N) is 1. The number of aliphatic hydroxyl groups is 1. The van der Waals surface area contributed by atoms with Crippen molar-refractivity contribution in [2.24, 2.45) is 0 Å².